The number of nitrogens with zero attached hydrogens (tertiary/aromatic N) is 4. The van der Waals surface area contributed by atoms with E-state index in [2.05, 4.69) is 31.3 Å². The van der Waals surface area contributed by atoms with Gasteiger partial charge in [-0.2, -0.15) is 9.78 Å². The van der Waals surface area contributed by atoms with Gasteiger partial charge in [-0.1, -0.05) is 59.1 Å². The van der Waals surface area contributed by atoms with E-state index in [1.54, 1.807) is 30.3 Å². The zero-order chi connectivity index (χ0) is 29.0. The number of aryl methyl sites for hydroxylation is 1. The van der Waals surface area contributed by atoms with Crippen LogP contribution in [0, 0.1) is 17.0 Å². The monoisotopic (exact) mass is 625 g/mol. The average Bonchev–Trinajstić information content (AvgIpc) is 2.92. The molecule has 10 nitrogen and oxygen atoms in total. The van der Waals surface area contributed by atoms with Crippen LogP contribution in [0.3, 0.4) is 0 Å². The Morgan fingerprint density at radius 1 is 1.25 bits per heavy atom. The molecule has 1 aromatic heterocycles. The number of hydrogen-bond acceptors (Lipinski definition) is 7. The number of aromatic nitrogens is 2. The molecule has 12 heteroatoms. The van der Waals surface area contributed by atoms with Crippen LogP contribution in [0.15, 0.2) is 69.0 Å². The number of ether oxygens (including phenoxy) is 1. The molecule has 0 saturated carbocycles. The highest BCUT2D eigenvalue weighted by atomic mass is 79.9. The van der Waals surface area contributed by atoms with Crippen molar-refractivity contribution in [1.29, 1.82) is 0 Å². The number of anilines is 1. The van der Waals surface area contributed by atoms with Gasteiger partial charge in [-0.3, -0.25) is 19.7 Å². The fourth-order valence-corrected chi connectivity index (χ4v) is 4.44. The lowest BCUT2D eigenvalue weighted by Crippen LogP contribution is -2.24. The van der Waals surface area contributed by atoms with Crippen LogP contribution in [0.2, 0.25) is 5.02 Å². The summed E-state index contributed by atoms with van der Waals surface area (Å²) in [4.78, 5) is 41.8. The lowest BCUT2D eigenvalue weighted by molar-refractivity contribution is -0.385. The Hall–Kier alpha value is -4.09. The zero-order valence-corrected chi connectivity index (χ0v) is 24.2. The number of carbonyl (C=O) groups is 1. The molecule has 0 spiro atoms. The predicted octanol–water partition coefficient (Wildman–Crippen LogP) is 6.44. The molecule has 0 bridgehead atoms. The second-order valence-corrected chi connectivity index (χ2v) is 10.5. The summed E-state index contributed by atoms with van der Waals surface area (Å²) >= 11 is 9.55. The van der Waals surface area contributed by atoms with E-state index in [1.165, 1.54) is 17.0 Å². The SMILES string of the molecule is CC[C@H](C)c1nc2ccc(Br)cc2c(=O)n1N=Cc1cc(Cl)cc([N+](=O)[O-])c1OCC(=O)Nc1ccc(C)cc1. The van der Waals surface area contributed by atoms with E-state index in [4.69, 9.17) is 16.3 Å². The Labute approximate surface area is 242 Å². The third-order valence-corrected chi connectivity index (χ3v) is 6.85. The van der Waals surface area contributed by atoms with Gasteiger partial charge in [0.1, 0.15) is 5.82 Å². The highest BCUT2D eigenvalue weighted by molar-refractivity contribution is 9.10. The molecule has 4 rings (SSSR count). The summed E-state index contributed by atoms with van der Waals surface area (Å²) in [5.74, 6) is -0.426. The normalized spacial score (nSPS) is 12.0. The van der Waals surface area contributed by atoms with Crippen LogP contribution in [0.5, 0.6) is 5.75 Å². The Balaban J connectivity index is 1.74. The maximum Gasteiger partial charge on any atom is 0.313 e. The lowest BCUT2D eigenvalue weighted by Gasteiger charge is -2.14. The molecule has 206 valence electrons. The fourth-order valence-electron chi connectivity index (χ4n) is 3.86. The smallest absolute Gasteiger partial charge is 0.313 e. The highest BCUT2D eigenvalue weighted by Gasteiger charge is 2.22. The standard InChI is InChI=1S/C28H25BrClN5O5/c1-4-17(3)27-33-23-10-7-19(29)12-22(23)28(37)34(27)31-14-18-11-20(30)13-24(35(38)39)26(18)40-15-25(36)32-21-8-5-16(2)6-9-21/h5-14,17H,4,15H2,1-3H3,(H,32,36)/t17-/m0/s1. The highest BCUT2D eigenvalue weighted by Crippen LogP contribution is 2.34. The van der Waals surface area contributed by atoms with Gasteiger partial charge in [0.25, 0.3) is 11.5 Å². The van der Waals surface area contributed by atoms with Crippen LogP contribution in [0.1, 0.15) is 43.1 Å². The van der Waals surface area contributed by atoms with Crippen LogP contribution in [-0.2, 0) is 4.79 Å². The number of amides is 1. The van der Waals surface area contributed by atoms with E-state index < -0.39 is 28.7 Å². The number of nitro groups is 1. The van der Waals surface area contributed by atoms with Crippen molar-refractivity contribution in [1.82, 2.24) is 9.66 Å². The molecule has 0 aliphatic rings. The molecule has 1 atom stereocenters. The summed E-state index contributed by atoms with van der Waals surface area (Å²) in [7, 11) is 0. The minimum Gasteiger partial charge on any atom is -0.476 e. The molecule has 3 aromatic carbocycles. The van der Waals surface area contributed by atoms with Gasteiger partial charge in [0.2, 0.25) is 5.75 Å². The number of hydrogen-bond donors (Lipinski definition) is 1. The van der Waals surface area contributed by atoms with E-state index >= 15 is 0 Å². The van der Waals surface area contributed by atoms with E-state index in [9.17, 15) is 19.7 Å². The van der Waals surface area contributed by atoms with Gasteiger partial charge in [0, 0.05) is 32.7 Å². The number of carbonyl (C=O) groups excluding carboxylic acids is 1. The maximum atomic E-state index is 13.4. The van der Waals surface area contributed by atoms with Crippen LogP contribution >= 0.6 is 27.5 Å². The lowest BCUT2D eigenvalue weighted by atomic mass is 10.1. The Kier molecular flexibility index (Phi) is 8.96. The van der Waals surface area contributed by atoms with Crippen molar-refractivity contribution in [2.75, 3.05) is 11.9 Å². The molecule has 0 fully saturated rings. The number of rotatable bonds is 9. The molecular weight excluding hydrogens is 602 g/mol. The van der Waals surface area contributed by atoms with Gasteiger partial charge in [-0.15, -0.1) is 0 Å². The van der Waals surface area contributed by atoms with E-state index in [0.717, 1.165) is 11.6 Å². The van der Waals surface area contributed by atoms with Crippen LogP contribution in [-0.4, -0.2) is 33.3 Å². The summed E-state index contributed by atoms with van der Waals surface area (Å²) in [5.41, 5.74) is 1.36. The molecule has 0 radical (unpaired) electrons. The predicted molar refractivity (Wildman–Crippen MR) is 159 cm³/mol. The maximum absolute atomic E-state index is 13.4. The van der Waals surface area contributed by atoms with E-state index in [-0.39, 0.29) is 22.3 Å². The first kappa shape index (κ1) is 28.9. The van der Waals surface area contributed by atoms with Gasteiger partial charge in [0.15, 0.2) is 6.61 Å². The average molecular weight is 627 g/mol. The first-order chi connectivity index (χ1) is 19.1. The van der Waals surface area contributed by atoms with E-state index in [0.29, 0.717) is 33.3 Å². The van der Waals surface area contributed by atoms with E-state index in [1.807, 2.05) is 32.9 Å². The Morgan fingerprint density at radius 2 is 1.98 bits per heavy atom. The summed E-state index contributed by atoms with van der Waals surface area (Å²) < 4.78 is 7.51. The van der Waals surface area contributed by atoms with Crippen molar-refractivity contribution in [2.24, 2.45) is 5.10 Å². The van der Waals surface area contributed by atoms with Crippen molar-refractivity contribution in [3.8, 4) is 5.75 Å². The molecule has 1 heterocycles. The van der Waals surface area contributed by atoms with Gasteiger partial charge in [-0.05, 0) is 49.7 Å². The Bertz CT molecular complexity index is 1690. The molecule has 1 N–H and O–H groups in total. The minimum atomic E-state index is -0.664. The largest absolute Gasteiger partial charge is 0.476 e. The summed E-state index contributed by atoms with van der Waals surface area (Å²) in [6.45, 7) is 5.29. The van der Waals surface area contributed by atoms with Crippen LogP contribution in [0.4, 0.5) is 11.4 Å². The first-order valence-electron chi connectivity index (χ1n) is 12.3. The molecule has 0 aliphatic carbocycles. The third-order valence-electron chi connectivity index (χ3n) is 6.14. The number of benzene rings is 3. The molecule has 0 unspecified atom stereocenters. The van der Waals surface area contributed by atoms with Crippen molar-refractivity contribution < 1.29 is 14.5 Å². The van der Waals surface area contributed by atoms with Crippen molar-refractivity contribution >= 4 is 61.9 Å². The van der Waals surface area contributed by atoms with Gasteiger partial charge >= 0.3 is 5.69 Å². The second kappa shape index (κ2) is 12.4. The molecular formula is C28H25BrClN5O5. The number of fused-ring (bicyclic) bond motifs is 1. The number of halogens is 2. The number of nitro benzene ring substituents is 1. The first-order valence-corrected chi connectivity index (χ1v) is 13.5. The van der Waals surface area contributed by atoms with Crippen LogP contribution < -0.4 is 15.6 Å². The molecule has 40 heavy (non-hydrogen) atoms. The summed E-state index contributed by atoms with van der Waals surface area (Å²) in [6.07, 6.45) is 1.93. The molecule has 1 amide bonds. The fraction of sp³-hybridized carbons (Fsp3) is 0.214. The van der Waals surface area contributed by atoms with Crippen molar-refractivity contribution in [2.45, 2.75) is 33.1 Å². The summed E-state index contributed by atoms with van der Waals surface area (Å²) in [6, 6.07) is 14.9. The quantitative estimate of drug-likeness (QED) is 0.129. The van der Waals surface area contributed by atoms with Crippen molar-refractivity contribution in [3.05, 3.63) is 102 Å². The zero-order valence-electron chi connectivity index (χ0n) is 21.9. The molecule has 0 saturated heterocycles. The van der Waals surface area contributed by atoms with Crippen LogP contribution in [0.25, 0.3) is 10.9 Å². The third kappa shape index (κ3) is 6.54. The second-order valence-electron chi connectivity index (χ2n) is 9.11. The molecule has 4 aromatic rings. The summed E-state index contributed by atoms with van der Waals surface area (Å²) in [5, 5.41) is 19.3. The van der Waals surface area contributed by atoms with Gasteiger partial charge in [-0.25, -0.2) is 4.98 Å². The van der Waals surface area contributed by atoms with Gasteiger partial charge in [0.05, 0.1) is 22.0 Å². The Morgan fingerprint density at radius 3 is 2.65 bits per heavy atom. The minimum absolute atomic E-state index is 0.0553. The topological polar surface area (TPSA) is 129 Å². The molecule has 0 aliphatic heterocycles. The van der Waals surface area contributed by atoms with Gasteiger partial charge < -0.3 is 10.1 Å². The number of nitrogens with one attached hydrogen (secondary N) is 1. The van der Waals surface area contributed by atoms with Crippen molar-refractivity contribution in [3.63, 3.8) is 0 Å².